The van der Waals surface area contributed by atoms with Crippen LogP contribution in [0.25, 0.3) is 0 Å². The third-order valence-corrected chi connectivity index (χ3v) is 5.68. The van der Waals surface area contributed by atoms with E-state index in [1.165, 1.54) is 6.20 Å². The van der Waals surface area contributed by atoms with Crippen LogP contribution < -0.4 is 10.6 Å². The Labute approximate surface area is 141 Å². The fourth-order valence-corrected chi connectivity index (χ4v) is 4.31. The molecule has 126 valence electrons. The highest BCUT2D eigenvalue weighted by atomic mass is 32.2. The molecule has 1 aliphatic rings. The average Bonchev–Trinajstić information content (AvgIpc) is 2.93. The van der Waals surface area contributed by atoms with Gasteiger partial charge in [-0.3, -0.25) is 9.78 Å². The molecule has 0 radical (unpaired) electrons. The van der Waals surface area contributed by atoms with Gasteiger partial charge in [-0.1, -0.05) is 30.3 Å². The van der Waals surface area contributed by atoms with Crippen LogP contribution >= 0.6 is 0 Å². The van der Waals surface area contributed by atoms with Gasteiger partial charge in [0.05, 0.1) is 22.8 Å². The summed E-state index contributed by atoms with van der Waals surface area (Å²) in [7, 11) is -3.01. The van der Waals surface area contributed by atoms with Gasteiger partial charge >= 0.3 is 0 Å². The lowest BCUT2D eigenvalue weighted by Gasteiger charge is -2.12. The highest BCUT2D eigenvalue weighted by Crippen LogP contribution is 2.14. The van der Waals surface area contributed by atoms with E-state index >= 15 is 0 Å². The molecule has 2 N–H and O–H groups in total. The summed E-state index contributed by atoms with van der Waals surface area (Å²) in [5.41, 5.74) is 2.28. The second kappa shape index (κ2) is 7.00. The van der Waals surface area contributed by atoms with E-state index in [0.29, 0.717) is 18.5 Å². The number of hydrogen-bond acceptors (Lipinski definition) is 5. The Balaban J connectivity index is 1.61. The summed E-state index contributed by atoms with van der Waals surface area (Å²) in [5, 5.41) is 5.99. The van der Waals surface area contributed by atoms with Crippen molar-refractivity contribution < 1.29 is 13.2 Å². The van der Waals surface area contributed by atoms with Crippen LogP contribution in [0.3, 0.4) is 0 Å². The maximum absolute atomic E-state index is 12.3. The molecule has 6 nitrogen and oxygen atoms in total. The maximum atomic E-state index is 12.3. The van der Waals surface area contributed by atoms with E-state index in [0.717, 1.165) is 11.3 Å². The molecule has 24 heavy (non-hydrogen) atoms. The molecule has 2 aromatic rings. The number of sulfone groups is 1. The minimum absolute atomic E-state index is 0.0120. The first-order valence-corrected chi connectivity index (χ1v) is 9.58. The summed E-state index contributed by atoms with van der Waals surface area (Å²) in [4.78, 5) is 16.3. The second-order valence-corrected chi connectivity index (χ2v) is 8.10. The van der Waals surface area contributed by atoms with Crippen molar-refractivity contribution in [1.82, 2.24) is 10.3 Å². The summed E-state index contributed by atoms with van der Waals surface area (Å²) < 4.78 is 22.9. The maximum Gasteiger partial charge on any atom is 0.253 e. The highest BCUT2D eigenvalue weighted by molar-refractivity contribution is 7.91. The Kier molecular flexibility index (Phi) is 4.80. The Morgan fingerprint density at radius 3 is 2.71 bits per heavy atom. The van der Waals surface area contributed by atoms with Crippen molar-refractivity contribution in [3.05, 3.63) is 59.9 Å². The van der Waals surface area contributed by atoms with Gasteiger partial charge in [0.1, 0.15) is 0 Å². The zero-order chi connectivity index (χ0) is 17.0. The Morgan fingerprint density at radius 2 is 2.00 bits per heavy atom. The van der Waals surface area contributed by atoms with Crippen LogP contribution in [0.4, 0.5) is 5.69 Å². The Hall–Kier alpha value is -2.41. The molecule has 0 saturated carbocycles. The van der Waals surface area contributed by atoms with Crippen LogP contribution in [-0.4, -0.2) is 36.9 Å². The van der Waals surface area contributed by atoms with Crippen molar-refractivity contribution in [1.29, 1.82) is 0 Å². The molecule has 7 heteroatoms. The third-order valence-electron chi connectivity index (χ3n) is 3.91. The largest absolute Gasteiger partial charge is 0.380 e. The molecule has 0 aliphatic carbocycles. The number of nitrogens with zero attached hydrogens (tertiary/aromatic N) is 1. The standard InChI is InChI=1S/C17H19N3O3S/c21-17(20-15-6-7-24(22,23)12-15)14-8-16(11-18-10-14)19-9-13-4-2-1-3-5-13/h1-5,8,10-11,15,19H,6-7,9,12H2,(H,20,21). The summed E-state index contributed by atoms with van der Waals surface area (Å²) in [6, 6.07) is 11.3. The lowest BCUT2D eigenvalue weighted by atomic mass is 10.2. The quantitative estimate of drug-likeness (QED) is 0.859. The average molecular weight is 345 g/mol. The molecule has 1 aromatic carbocycles. The van der Waals surface area contributed by atoms with Crippen molar-refractivity contribution in [2.45, 2.75) is 19.0 Å². The molecule has 1 aliphatic heterocycles. The highest BCUT2D eigenvalue weighted by Gasteiger charge is 2.29. The third kappa shape index (κ3) is 4.32. The summed E-state index contributed by atoms with van der Waals surface area (Å²) in [5.74, 6) is -0.152. The number of aromatic nitrogens is 1. The SMILES string of the molecule is O=C(NC1CCS(=O)(=O)C1)c1cncc(NCc2ccccc2)c1. The number of carbonyl (C=O) groups excluding carboxylic acids is 1. The normalized spacial score (nSPS) is 18.9. The molecular weight excluding hydrogens is 326 g/mol. The molecular formula is C17H19N3O3S. The lowest BCUT2D eigenvalue weighted by Crippen LogP contribution is -2.35. The molecule has 0 bridgehead atoms. The van der Waals surface area contributed by atoms with Gasteiger partial charge in [0.2, 0.25) is 0 Å². The van der Waals surface area contributed by atoms with Crippen LogP contribution in [0.5, 0.6) is 0 Å². The van der Waals surface area contributed by atoms with E-state index in [1.807, 2.05) is 30.3 Å². The van der Waals surface area contributed by atoms with E-state index < -0.39 is 9.84 Å². The molecule has 1 aromatic heterocycles. The van der Waals surface area contributed by atoms with Crippen molar-refractivity contribution >= 4 is 21.4 Å². The Bertz CT molecular complexity index is 822. The molecule has 1 fully saturated rings. The van der Waals surface area contributed by atoms with E-state index in [9.17, 15) is 13.2 Å². The van der Waals surface area contributed by atoms with Gasteiger partial charge in [0.25, 0.3) is 5.91 Å². The topological polar surface area (TPSA) is 88.2 Å². The predicted molar refractivity (Wildman–Crippen MR) is 92.5 cm³/mol. The predicted octanol–water partition coefficient (Wildman–Crippen LogP) is 1.61. The molecule has 1 amide bonds. The lowest BCUT2D eigenvalue weighted by molar-refractivity contribution is 0.0941. The first kappa shape index (κ1) is 16.4. The van der Waals surface area contributed by atoms with Gasteiger partial charge in [-0.15, -0.1) is 0 Å². The van der Waals surface area contributed by atoms with Gasteiger partial charge in [-0.25, -0.2) is 8.42 Å². The van der Waals surface area contributed by atoms with Crippen molar-refractivity contribution in [2.75, 3.05) is 16.8 Å². The van der Waals surface area contributed by atoms with Crippen molar-refractivity contribution in [3.8, 4) is 0 Å². The van der Waals surface area contributed by atoms with E-state index in [1.54, 1.807) is 12.3 Å². The number of carbonyl (C=O) groups is 1. The van der Waals surface area contributed by atoms with Crippen LogP contribution in [-0.2, 0) is 16.4 Å². The van der Waals surface area contributed by atoms with Gasteiger partial charge < -0.3 is 10.6 Å². The second-order valence-electron chi connectivity index (χ2n) is 5.87. The van der Waals surface area contributed by atoms with E-state index in [4.69, 9.17) is 0 Å². The fourth-order valence-electron chi connectivity index (χ4n) is 2.64. The van der Waals surface area contributed by atoms with Gasteiger partial charge in [-0.05, 0) is 18.1 Å². The zero-order valence-corrected chi connectivity index (χ0v) is 13.9. The number of rotatable bonds is 5. The molecule has 1 unspecified atom stereocenters. The number of anilines is 1. The van der Waals surface area contributed by atoms with Crippen molar-refractivity contribution in [3.63, 3.8) is 0 Å². The smallest absolute Gasteiger partial charge is 0.253 e. The zero-order valence-electron chi connectivity index (χ0n) is 13.1. The summed E-state index contributed by atoms with van der Waals surface area (Å²) >= 11 is 0. The molecule has 0 spiro atoms. The monoisotopic (exact) mass is 345 g/mol. The summed E-state index contributed by atoms with van der Waals surface area (Å²) in [6.07, 6.45) is 3.60. The number of pyridine rings is 1. The fraction of sp³-hybridized carbons (Fsp3) is 0.294. The molecule has 1 atom stereocenters. The van der Waals surface area contributed by atoms with Gasteiger partial charge in [0.15, 0.2) is 9.84 Å². The van der Waals surface area contributed by atoms with Crippen LogP contribution in [0.2, 0.25) is 0 Å². The van der Waals surface area contributed by atoms with Crippen LogP contribution in [0.15, 0.2) is 48.8 Å². The number of amides is 1. The van der Waals surface area contributed by atoms with Crippen molar-refractivity contribution in [2.24, 2.45) is 0 Å². The van der Waals surface area contributed by atoms with Crippen LogP contribution in [0, 0.1) is 0 Å². The number of benzene rings is 1. The number of hydrogen-bond donors (Lipinski definition) is 2. The van der Waals surface area contributed by atoms with E-state index in [2.05, 4.69) is 15.6 Å². The first-order chi connectivity index (χ1) is 11.5. The van der Waals surface area contributed by atoms with E-state index in [-0.39, 0.29) is 23.5 Å². The molecule has 2 heterocycles. The molecule has 1 saturated heterocycles. The van der Waals surface area contributed by atoms with Crippen LogP contribution in [0.1, 0.15) is 22.3 Å². The minimum atomic E-state index is -3.01. The molecule has 3 rings (SSSR count). The Morgan fingerprint density at radius 1 is 1.21 bits per heavy atom. The minimum Gasteiger partial charge on any atom is -0.380 e. The number of nitrogens with one attached hydrogen (secondary N) is 2. The van der Waals surface area contributed by atoms with Gasteiger partial charge in [-0.2, -0.15) is 0 Å². The first-order valence-electron chi connectivity index (χ1n) is 7.76. The summed E-state index contributed by atoms with van der Waals surface area (Å²) in [6.45, 7) is 0.633. The van der Waals surface area contributed by atoms with Gasteiger partial charge in [0, 0.05) is 25.0 Å².